The monoisotopic (exact) mass is 222 g/mol. The van der Waals surface area contributed by atoms with Gasteiger partial charge in [-0.3, -0.25) is 0 Å². The van der Waals surface area contributed by atoms with Crippen molar-refractivity contribution in [1.82, 2.24) is 0 Å². The Labute approximate surface area is 84.9 Å². The largest absolute Gasteiger partial charge is 0.393 e. The van der Waals surface area contributed by atoms with Gasteiger partial charge in [-0.05, 0) is 30.4 Å². The predicted octanol–water partition coefficient (Wildman–Crippen LogP) is 3.29. The maximum absolute atomic E-state index is 9.10. The Hall–Kier alpha value is 0.240. The van der Waals surface area contributed by atoms with Gasteiger partial charge >= 0.3 is 0 Å². The van der Waals surface area contributed by atoms with Crippen LogP contribution < -0.4 is 0 Å². The lowest BCUT2D eigenvalue weighted by atomic mass is 9.79. The van der Waals surface area contributed by atoms with Gasteiger partial charge in [0.25, 0.3) is 0 Å². The number of rotatable bonds is 1. The van der Waals surface area contributed by atoms with Crippen LogP contribution in [0.25, 0.3) is 0 Å². The first-order chi connectivity index (χ1) is 5.66. The molecule has 1 aromatic heterocycles. The Kier molecular flexibility index (Phi) is 2.34. The fourth-order valence-electron chi connectivity index (χ4n) is 1.47. The third kappa shape index (κ3) is 1.49. The maximum Gasteiger partial charge on any atom is 0.0978 e. The molecule has 1 fully saturated rings. The summed E-state index contributed by atoms with van der Waals surface area (Å²) in [5.74, 6) is 0.427. The summed E-state index contributed by atoms with van der Waals surface area (Å²) in [5, 5.41) is 9.10. The topological polar surface area (TPSA) is 20.2 Å². The highest BCUT2D eigenvalue weighted by Crippen LogP contribution is 2.44. The smallest absolute Gasteiger partial charge is 0.0978 e. The zero-order valence-electron chi connectivity index (χ0n) is 6.26. The summed E-state index contributed by atoms with van der Waals surface area (Å²) in [4.78, 5) is 0. The van der Waals surface area contributed by atoms with Gasteiger partial charge in [0.1, 0.15) is 0 Å². The van der Waals surface area contributed by atoms with E-state index in [9.17, 15) is 0 Å². The summed E-state index contributed by atoms with van der Waals surface area (Å²) < 4.78 is 1.51. The normalized spacial score (nSPS) is 28.6. The molecule has 1 aliphatic carbocycles. The SMILES string of the molecule is OC1CC(c2cc(Cl)sc2Cl)C1. The fourth-order valence-corrected chi connectivity index (χ4v) is 3.10. The Balaban J connectivity index is 2.17. The lowest BCUT2D eigenvalue weighted by Gasteiger charge is -2.31. The summed E-state index contributed by atoms with van der Waals surface area (Å²) in [6.45, 7) is 0. The molecule has 1 heterocycles. The molecule has 0 saturated heterocycles. The fraction of sp³-hybridized carbons (Fsp3) is 0.500. The van der Waals surface area contributed by atoms with E-state index in [1.165, 1.54) is 11.3 Å². The molecule has 0 radical (unpaired) electrons. The van der Waals surface area contributed by atoms with Crippen molar-refractivity contribution in [3.05, 3.63) is 20.3 Å². The number of halogens is 2. The molecule has 1 N–H and O–H groups in total. The molecule has 66 valence electrons. The van der Waals surface area contributed by atoms with Gasteiger partial charge in [-0.15, -0.1) is 11.3 Å². The molecule has 12 heavy (non-hydrogen) atoms. The average Bonchev–Trinajstić information content (AvgIpc) is 2.23. The molecule has 0 aliphatic heterocycles. The first kappa shape index (κ1) is 8.82. The number of aliphatic hydroxyl groups is 1. The molecule has 1 saturated carbocycles. The van der Waals surface area contributed by atoms with Crippen molar-refractivity contribution in [3.8, 4) is 0 Å². The van der Waals surface area contributed by atoms with Crippen LogP contribution in [0.3, 0.4) is 0 Å². The minimum Gasteiger partial charge on any atom is -0.393 e. The van der Waals surface area contributed by atoms with E-state index in [0.29, 0.717) is 5.92 Å². The molecule has 2 rings (SSSR count). The van der Waals surface area contributed by atoms with Gasteiger partial charge in [0.05, 0.1) is 14.8 Å². The van der Waals surface area contributed by atoms with E-state index >= 15 is 0 Å². The molecule has 1 nitrogen and oxygen atoms in total. The van der Waals surface area contributed by atoms with Crippen LogP contribution in [-0.2, 0) is 0 Å². The first-order valence-corrected chi connectivity index (χ1v) is 5.37. The predicted molar refractivity (Wildman–Crippen MR) is 52.3 cm³/mol. The van der Waals surface area contributed by atoms with Gasteiger partial charge in [0.2, 0.25) is 0 Å². The zero-order chi connectivity index (χ0) is 8.72. The zero-order valence-corrected chi connectivity index (χ0v) is 8.59. The Morgan fingerprint density at radius 1 is 1.42 bits per heavy atom. The van der Waals surface area contributed by atoms with Gasteiger partial charge < -0.3 is 5.11 Å². The molecule has 0 atom stereocenters. The number of hydrogen-bond acceptors (Lipinski definition) is 2. The number of aliphatic hydroxyl groups excluding tert-OH is 1. The van der Waals surface area contributed by atoms with Crippen molar-refractivity contribution >= 4 is 34.5 Å². The van der Waals surface area contributed by atoms with Crippen LogP contribution in [0.1, 0.15) is 24.3 Å². The number of hydrogen-bond donors (Lipinski definition) is 1. The first-order valence-electron chi connectivity index (χ1n) is 3.79. The highest BCUT2D eigenvalue weighted by Gasteiger charge is 2.30. The van der Waals surface area contributed by atoms with E-state index in [2.05, 4.69) is 0 Å². The molecule has 0 aromatic carbocycles. The van der Waals surface area contributed by atoms with Crippen molar-refractivity contribution in [2.24, 2.45) is 0 Å². The lowest BCUT2D eigenvalue weighted by molar-refractivity contribution is 0.0748. The standard InChI is InChI=1S/C8H8Cl2OS/c9-7-3-6(8(10)12-7)4-1-5(11)2-4/h3-5,11H,1-2H2. The molecule has 4 heteroatoms. The van der Waals surface area contributed by atoms with Crippen LogP contribution in [0.5, 0.6) is 0 Å². The van der Waals surface area contributed by atoms with Crippen LogP contribution in [0.15, 0.2) is 6.07 Å². The van der Waals surface area contributed by atoms with Crippen molar-refractivity contribution in [2.45, 2.75) is 24.9 Å². The minimum absolute atomic E-state index is 0.134. The van der Waals surface area contributed by atoms with E-state index in [0.717, 1.165) is 27.1 Å². The van der Waals surface area contributed by atoms with E-state index in [1.54, 1.807) is 0 Å². The minimum atomic E-state index is -0.134. The van der Waals surface area contributed by atoms with Crippen LogP contribution in [0.4, 0.5) is 0 Å². The highest BCUT2D eigenvalue weighted by atomic mass is 35.5. The second-order valence-corrected chi connectivity index (χ2v) is 5.39. The van der Waals surface area contributed by atoms with Crippen molar-refractivity contribution in [1.29, 1.82) is 0 Å². The molecular weight excluding hydrogens is 215 g/mol. The summed E-state index contributed by atoms with van der Waals surface area (Å²) in [6, 6.07) is 1.91. The molecule has 1 aromatic rings. The molecule has 0 unspecified atom stereocenters. The third-order valence-electron chi connectivity index (χ3n) is 2.24. The molecule has 1 aliphatic rings. The Morgan fingerprint density at radius 2 is 2.08 bits per heavy atom. The van der Waals surface area contributed by atoms with Gasteiger partial charge in [-0.1, -0.05) is 23.2 Å². The molecular formula is C8H8Cl2OS. The summed E-state index contributed by atoms with van der Waals surface area (Å²) >= 11 is 13.1. The molecule has 0 amide bonds. The van der Waals surface area contributed by atoms with Gasteiger partial charge in [0, 0.05) is 0 Å². The van der Waals surface area contributed by atoms with Crippen LogP contribution in [-0.4, -0.2) is 11.2 Å². The van der Waals surface area contributed by atoms with Crippen molar-refractivity contribution in [3.63, 3.8) is 0 Å². The molecule has 0 bridgehead atoms. The van der Waals surface area contributed by atoms with Crippen molar-refractivity contribution < 1.29 is 5.11 Å². The lowest BCUT2D eigenvalue weighted by Crippen LogP contribution is -2.26. The summed E-state index contributed by atoms with van der Waals surface area (Å²) in [6.07, 6.45) is 1.52. The van der Waals surface area contributed by atoms with E-state index in [-0.39, 0.29) is 6.10 Å². The number of thiophene rings is 1. The summed E-state index contributed by atoms with van der Waals surface area (Å²) in [7, 11) is 0. The van der Waals surface area contributed by atoms with Gasteiger partial charge in [-0.25, -0.2) is 0 Å². The van der Waals surface area contributed by atoms with E-state index < -0.39 is 0 Å². The maximum atomic E-state index is 9.10. The van der Waals surface area contributed by atoms with E-state index in [1.807, 2.05) is 6.07 Å². The van der Waals surface area contributed by atoms with Crippen molar-refractivity contribution in [2.75, 3.05) is 0 Å². The highest BCUT2D eigenvalue weighted by molar-refractivity contribution is 7.20. The second kappa shape index (κ2) is 3.18. The van der Waals surface area contributed by atoms with Crippen LogP contribution in [0, 0.1) is 0 Å². The average molecular weight is 223 g/mol. The van der Waals surface area contributed by atoms with E-state index in [4.69, 9.17) is 28.3 Å². The second-order valence-electron chi connectivity index (χ2n) is 3.10. The Bertz CT molecular complexity index is 291. The Morgan fingerprint density at radius 3 is 2.50 bits per heavy atom. The quantitative estimate of drug-likeness (QED) is 0.774. The summed E-state index contributed by atoms with van der Waals surface area (Å²) in [5.41, 5.74) is 1.11. The third-order valence-corrected chi connectivity index (χ3v) is 3.75. The van der Waals surface area contributed by atoms with Gasteiger partial charge in [-0.2, -0.15) is 0 Å². The van der Waals surface area contributed by atoms with Crippen LogP contribution in [0.2, 0.25) is 8.67 Å². The molecule has 0 spiro atoms. The van der Waals surface area contributed by atoms with Crippen LogP contribution >= 0.6 is 34.5 Å². The van der Waals surface area contributed by atoms with Gasteiger partial charge in [0.15, 0.2) is 0 Å².